The lowest BCUT2D eigenvalue weighted by atomic mass is 10.3. The maximum atomic E-state index is 8.42. The molecule has 0 saturated heterocycles. The summed E-state index contributed by atoms with van der Waals surface area (Å²) in [5.74, 6) is 0. The maximum Gasteiger partial charge on any atom is 0.169 e. The number of aromatic nitrogens is 1. The highest BCUT2D eigenvalue weighted by Crippen LogP contribution is 2.03. The zero-order valence-electron chi connectivity index (χ0n) is 10.6. The van der Waals surface area contributed by atoms with E-state index in [2.05, 4.69) is 39.0 Å². The number of aryl methyl sites for hydroxylation is 1. The van der Waals surface area contributed by atoms with Crippen molar-refractivity contribution in [2.24, 2.45) is 5.16 Å². The largest absolute Gasteiger partial charge is 0.411 e. The Kier molecular flexibility index (Phi) is 4.17. The van der Waals surface area contributed by atoms with Crippen molar-refractivity contribution in [3.05, 3.63) is 42.5 Å². The minimum absolute atomic E-state index is 0.901. The molecule has 96 valence electrons. The fourth-order valence-electron chi connectivity index (χ4n) is 1.96. The number of nitrogens with zero attached hydrogens (tertiary/aromatic N) is 4. The highest BCUT2D eigenvalue weighted by Gasteiger charge is 2.08. The number of hydrogen-bond acceptors (Lipinski definition) is 4. The van der Waals surface area contributed by atoms with Gasteiger partial charge in [0.2, 0.25) is 0 Å². The van der Waals surface area contributed by atoms with Crippen molar-refractivity contribution in [3.8, 4) is 0 Å². The molecule has 0 unspecified atom stereocenters. The quantitative estimate of drug-likeness (QED) is 0.363. The van der Waals surface area contributed by atoms with Crippen LogP contribution in [0.15, 0.2) is 42.1 Å². The normalized spacial score (nSPS) is 14.9. The molecule has 2 rings (SSSR count). The van der Waals surface area contributed by atoms with Gasteiger partial charge in [-0.05, 0) is 0 Å². The van der Waals surface area contributed by atoms with E-state index in [0.29, 0.717) is 0 Å². The molecule has 0 aliphatic carbocycles. The molecule has 0 aromatic carbocycles. The van der Waals surface area contributed by atoms with Crippen LogP contribution in [0.3, 0.4) is 0 Å². The molecule has 5 heteroatoms. The molecule has 1 aliphatic heterocycles. The second-order valence-corrected chi connectivity index (χ2v) is 4.48. The van der Waals surface area contributed by atoms with Gasteiger partial charge in [0.15, 0.2) is 12.4 Å². The Bertz CT molecular complexity index is 427. The van der Waals surface area contributed by atoms with E-state index in [0.717, 1.165) is 31.7 Å². The first-order valence-corrected chi connectivity index (χ1v) is 6.07. The molecule has 2 heterocycles. The fraction of sp³-hybridized carbons (Fsp3) is 0.385. The fourth-order valence-corrected chi connectivity index (χ4v) is 1.96. The Morgan fingerprint density at radius 1 is 1.39 bits per heavy atom. The molecule has 0 atom stereocenters. The first kappa shape index (κ1) is 12.4. The summed E-state index contributed by atoms with van der Waals surface area (Å²) in [5.41, 5.74) is 0.901. The van der Waals surface area contributed by atoms with E-state index < -0.39 is 0 Å². The Morgan fingerprint density at radius 2 is 2.17 bits per heavy atom. The molecule has 1 aromatic heterocycles. The van der Waals surface area contributed by atoms with E-state index >= 15 is 0 Å². The topological polar surface area (TPSA) is 43.0 Å². The minimum Gasteiger partial charge on any atom is -0.411 e. The van der Waals surface area contributed by atoms with Gasteiger partial charge in [-0.3, -0.25) is 0 Å². The lowest BCUT2D eigenvalue weighted by molar-refractivity contribution is -0.697. The number of pyridine rings is 1. The zero-order valence-corrected chi connectivity index (χ0v) is 10.6. The van der Waals surface area contributed by atoms with Gasteiger partial charge in [0.05, 0.1) is 12.9 Å². The van der Waals surface area contributed by atoms with Crippen molar-refractivity contribution in [1.82, 2.24) is 9.80 Å². The summed E-state index contributed by atoms with van der Waals surface area (Å²) in [6.07, 6.45) is 10.8. The summed E-state index contributed by atoms with van der Waals surface area (Å²) in [6, 6.07) is 3.87. The van der Waals surface area contributed by atoms with Gasteiger partial charge in [-0.15, -0.1) is 0 Å². The monoisotopic (exact) mass is 247 g/mol. The molecule has 5 nitrogen and oxygen atoms in total. The van der Waals surface area contributed by atoms with E-state index in [1.807, 2.05) is 24.5 Å². The van der Waals surface area contributed by atoms with Crippen LogP contribution in [0.1, 0.15) is 12.0 Å². The maximum absolute atomic E-state index is 8.42. The Balaban J connectivity index is 1.75. The Morgan fingerprint density at radius 3 is 2.78 bits per heavy atom. The molecule has 1 N–H and O–H groups in total. The van der Waals surface area contributed by atoms with Gasteiger partial charge >= 0.3 is 0 Å². The SMILES string of the molecule is CN1C=CN(CCC[n+]2ccc(/C=N\O)cc2)C1. The second-order valence-electron chi connectivity index (χ2n) is 4.48. The van der Waals surface area contributed by atoms with Crippen LogP contribution in [0.25, 0.3) is 0 Å². The van der Waals surface area contributed by atoms with Crippen molar-refractivity contribution < 1.29 is 9.77 Å². The zero-order chi connectivity index (χ0) is 12.8. The highest BCUT2D eigenvalue weighted by atomic mass is 16.4. The van der Waals surface area contributed by atoms with Crippen molar-refractivity contribution in [1.29, 1.82) is 0 Å². The van der Waals surface area contributed by atoms with Gasteiger partial charge in [-0.2, -0.15) is 0 Å². The molecule has 1 aliphatic rings. The summed E-state index contributed by atoms with van der Waals surface area (Å²) < 4.78 is 2.14. The van der Waals surface area contributed by atoms with Crippen LogP contribution in [-0.4, -0.2) is 41.5 Å². The third kappa shape index (κ3) is 3.48. The van der Waals surface area contributed by atoms with Crippen molar-refractivity contribution in [3.63, 3.8) is 0 Å². The smallest absolute Gasteiger partial charge is 0.169 e. The summed E-state index contributed by atoms with van der Waals surface area (Å²) in [7, 11) is 2.08. The molecule has 0 bridgehead atoms. The van der Waals surface area contributed by atoms with Gasteiger partial charge in [-0.25, -0.2) is 4.57 Å². The first-order chi connectivity index (χ1) is 8.78. The van der Waals surface area contributed by atoms with Gasteiger partial charge in [0, 0.05) is 50.1 Å². The van der Waals surface area contributed by atoms with Crippen LogP contribution in [0.2, 0.25) is 0 Å². The molecule has 0 saturated carbocycles. The van der Waals surface area contributed by atoms with Crippen LogP contribution in [0, 0.1) is 0 Å². The van der Waals surface area contributed by atoms with E-state index in [1.54, 1.807) is 0 Å². The summed E-state index contributed by atoms with van der Waals surface area (Å²) in [4.78, 5) is 4.46. The second kappa shape index (κ2) is 6.05. The van der Waals surface area contributed by atoms with Crippen molar-refractivity contribution in [2.45, 2.75) is 13.0 Å². The molecule has 0 radical (unpaired) electrons. The van der Waals surface area contributed by atoms with E-state index in [-0.39, 0.29) is 0 Å². The predicted molar refractivity (Wildman–Crippen MR) is 69.1 cm³/mol. The Labute approximate surface area is 107 Å². The number of rotatable bonds is 5. The van der Waals surface area contributed by atoms with E-state index in [9.17, 15) is 0 Å². The van der Waals surface area contributed by atoms with Crippen LogP contribution in [0.5, 0.6) is 0 Å². The Hall–Kier alpha value is -2.04. The van der Waals surface area contributed by atoms with Gasteiger partial charge in [0.25, 0.3) is 0 Å². The van der Waals surface area contributed by atoms with Crippen LogP contribution < -0.4 is 4.57 Å². The first-order valence-electron chi connectivity index (χ1n) is 6.07. The predicted octanol–water partition coefficient (Wildman–Crippen LogP) is 0.848. The van der Waals surface area contributed by atoms with Crippen LogP contribution in [0.4, 0.5) is 0 Å². The van der Waals surface area contributed by atoms with Gasteiger partial charge < -0.3 is 15.0 Å². The van der Waals surface area contributed by atoms with Gasteiger partial charge in [0.1, 0.15) is 6.54 Å². The third-order valence-corrected chi connectivity index (χ3v) is 2.92. The van der Waals surface area contributed by atoms with E-state index in [1.165, 1.54) is 6.21 Å². The lowest BCUT2D eigenvalue weighted by Gasteiger charge is -2.16. The summed E-state index contributed by atoms with van der Waals surface area (Å²) >= 11 is 0. The van der Waals surface area contributed by atoms with E-state index in [4.69, 9.17) is 5.21 Å². The molecular formula is C13H19N4O+. The number of oxime groups is 1. The van der Waals surface area contributed by atoms with Crippen molar-refractivity contribution in [2.75, 3.05) is 20.3 Å². The molecule has 0 amide bonds. The average molecular weight is 247 g/mol. The average Bonchev–Trinajstić information content (AvgIpc) is 2.78. The molecule has 1 aromatic rings. The minimum atomic E-state index is 0.901. The van der Waals surface area contributed by atoms with Gasteiger partial charge in [-0.1, -0.05) is 5.16 Å². The summed E-state index contributed by atoms with van der Waals surface area (Å²) in [6.45, 7) is 3.04. The molecule has 0 fully saturated rings. The molecule has 18 heavy (non-hydrogen) atoms. The van der Waals surface area contributed by atoms with Crippen molar-refractivity contribution >= 4 is 6.21 Å². The number of hydrogen-bond donors (Lipinski definition) is 1. The highest BCUT2D eigenvalue weighted by molar-refractivity contribution is 5.78. The standard InChI is InChI=1S/C13H18N4O/c1-15-9-10-17(12-15)6-2-5-16-7-3-13(4-8-16)11-14-18/h3-4,7-11H,2,5-6,12H2,1H3/p+1. The lowest BCUT2D eigenvalue weighted by Crippen LogP contribution is -2.35. The third-order valence-electron chi connectivity index (χ3n) is 2.92. The van der Waals surface area contributed by atoms with Crippen LogP contribution >= 0.6 is 0 Å². The summed E-state index contributed by atoms with van der Waals surface area (Å²) in [5, 5.41) is 11.4. The molecular weight excluding hydrogens is 228 g/mol. The van der Waals surface area contributed by atoms with Crippen LogP contribution in [-0.2, 0) is 6.54 Å². The molecule has 0 spiro atoms.